The second-order valence-corrected chi connectivity index (χ2v) is 4.21. The molecule has 1 heterocycles. The molecule has 1 rings (SSSR count). The zero-order valence-corrected chi connectivity index (χ0v) is 8.85. The zero-order valence-electron chi connectivity index (χ0n) is 8.85. The lowest BCUT2D eigenvalue weighted by molar-refractivity contribution is 0.404. The van der Waals surface area contributed by atoms with Gasteiger partial charge in [-0.3, -0.25) is 0 Å². The smallest absolute Gasteiger partial charge is 0.168 e. The number of anilines is 1. The molecule has 0 aliphatic heterocycles. The van der Waals surface area contributed by atoms with Gasteiger partial charge in [-0.25, -0.2) is 13.8 Å². The summed E-state index contributed by atoms with van der Waals surface area (Å²) in [4.78, 5) is 3.61. The molecular formula is C10H15F2N3. The number of aromatic nitrogens is 1. The molecule has 0 atom stereocenters. The molecule has 1 aromatic heterocycles. The number of halogens is 2. The molecule has 3 N–H and O–H groups in total. The summed E-state index contributed by atoms with van der Waals surface area (Å²) >= 11 is 0. The van der Waals surface area contributed by atoms with Crippen molar-refractivity contribution in [3.8, 4) is 0 Å². The number of hydrogen-bond donors (Lipinski definition) is 2. The van der Waals surface area contributed by atoms with Crippen LogP contribution >= 0.6 is 0 Å². The van der Waals surface area contributed by atoms with Crippen LogP contribution in [0, 0.1) is 17.0 Å². The molecule has 0 aromatic carbocycles. The second-order valence-electron chi connectivity index (χ2n) is 4.21. The topological polar surface area (TPSA) is 50.9 Å². The third-order valence-electron chi connectivity index (χ3n) is 2.09. The Hall–Kier alpha value is -1.23. The Morgan fingerprint density at radius 3 is 2.67 bits per heavy atom. The maximum absolute atomic E-state index is 13.1. The third kappa shape index (κ3) is 3.43. The summed E-state index contributed by atoms with van der Waals surface area (Å²) in [5.74, 6) is -1.32. The maximum atomic E-state index is 13.1. The van der Waals surface area contributed by atoms with Crippen LogP contribution in [0.5, 0.6) is 0 Å². The second kappa shape index (κ2) is 4.53. The Labute approximate surface area is 87.7 Å². The van der Waals surface area contributed by atoms with E-state index < -0.39 is 11.6 Å². The summed E-state index contributed by atoms with van der Waals surface area (Å²) in [5.41, 5.74) is 5.37. The minimum absolute atomic E-state index is 0.0536. The van der Waals surface area contributed by atoms with Gasteiger partial charge in [-0.15, -0.1) is 0 Å². The van der Waals surface area contributed by atoms with Crippen molar-refractivity contribution in [2.45, 2.75) is 13.8 Å². The lowest BCUT2D eigenvalue weighted by Gasteiger charge is -2.22. The Bertz CT molecular complexity index is 339. The first kappa shape index (κ1) is 11.8. The SMILES string of the molecule is CC(C)(CN)CNc1ncc(F)cc1F. The molecule has 0 aliphatic rings. The van der Waals surface area contributed by atoms with Gasteiger partial charge in [0, 0.05) is 12.6 Å². The third-order valence-corrected chi connectivity index (χ3v) is 2.09. The van der Waals surface area contributed by atoms with Crippen molar-refractivity contribution >= 4 is 5.82 Å². The fraction of sp³-hybridized carbons (Fsp3) is 0.500. The van der Waals surface area contributed by atoms with E-state index in [0.29, 0.717) is 13.1 Å². The maximum Gasteiger partial charge on any atom is 0.168 e. The monoisotopic (exact) mass is 215 g/mol. The Morgan fingerprint density at radius 2 is 2.13 bits per heavy atom. The zero-order chi connectivity index (χ0) is 11.5. The molecule has 5 heteroatoms. The number of nitrogens with one attached hydrogen (secondary N) is 1. The van der Waals surface area contributed by atoms with E-state index in [1.165, 1.54) is 0 Å². The predicted octanol–water partition coefficient (Wildman–Crippen LogP) is 1.76. The Kier molecular flexibility index (Phi) is 3.57. The molecule has 15 heavy (non-hydrogen) atoms. The number of nitrogens with zero attached hydrogens (tertiary/aromatic N) is 1. The lowest BCUT2D eigenvalue weighted by Crippen LogP contribution is -2.31. The molecule has 0 saturated heterocycles. The van der Waals surface area contributed by atoms with Crippen LogP contribution in [-0.2, 0) is 0 Å². The van der Waals surface area contributed by atoms with Crippen LogP contribution in [-0.4, -0.2) is 18.1 Å². The lowest BCUT2D eigenvalue weighted by atomic mass is 9.94. The first-order chi connectivity index (χ1) is 6.94. The Balaban J connectivity index is 2.66. The molecule has 0 saturated carbocycles. The predicted molar refractivity (Wildman–Crippen MR) is 55.5 cm³/mol. The van der Waals surface area contributed by atoms with Crippen LogP contribution < -0.4 is 11.1 Å². The van der Waals surface area contributed by atoms with Gasteiger partial charge in [0.1, 0.15) is 5.82 Å². The van der Waals surface area contributed by atoms with Crippen molar-refractivity contribution in [3.05, 3.63) is 23.9 Å². The van der Waals surface area contributed by atoms with Gasteiger partial charge in [0.15, 0.2) is 11.6 Å². The Morgan fingerprint density at radius 1 is 1.47 bits per heavy atom. The molecule has 3 nitrogen and oxygen atoms in total. The van der Waals surface area contributed by atoms with E-state index >= 15 is 0 Å². The number of nitrogens with two attached hydrogens (primary N) is 1. The summed E-state index contributed by atoms with van der Waals surface area (Å²) in [5, 5.41) is 2.80. The normalized spacial score (nSPS) is 11.5. The summed E-state index contributed by atoms with van der Waals surface area (Å²) in [6.07, 6.45) is 0.973. The van der Waals surface area contributed by atoms with Gasteiger partial charge in [0.05, 0.1) is 6.20 Å². The van der Waals surface area contributed by atoms with Gasteiger partial charge in [-0.1, -0.05) is 13.8 Å². The highest BCUT2D eigenvalue weighted by Gasteiger charge is 2.16. The fourth-order valence-corrected chi connectivity index (χ4v) is 0.940. The van der Waals surface area contributed by atoms with Gasteiger partial charge in [-0.2, -0.15) is 0 Å². The first-order valence-corrected chi connectivity index (χ1v) is 4.69. The van der Waals surface area contributed by atoms with E-state index in [9.17, 15) is 8.78 Å². The van der Waals surface area contributed by atoms with E-state index in [1.54, 1.807) is 0 Å². The van der Waals surface area contributed by atoms with Gasteiger partial charge in [0.25, 0.3) is 0 Å². The minimum atomic E-state index is -0.692. The van der Waals surface area contributed by atoms with Gasteiger partial charge in [-0.05, 0) is 12.0 Å². The molecule has 0 aliphatic carbocycles. The van der Waals surface area contributed by atoms with Crippen molar-refractivity contribution in [2.24, 2.45) is 11.1 Å². The van der Waals surface area contributed by atoms with E-state index in [4.69, 9.17) is 5.73 Å². The van der Waals surface area contributed by atoms with Gasteiger partial charge >= 0.3 is 0 Å². The average Bonchev–Trinajstić information content (AvgIpc) is 2.16. The van der Waals surface area contributed by atoms with Crippen molar-refractivity contribution in [1.82, 2.24) is 4.98 Å². The highest BCUT2D eigenvalue weighted by molar-refractivity contribution is 5.35. The van der Waals surface area contributed by atoms with Crippen LogP contribution in [0.15, 0.2) is 12.3 Å². The van der Waals surface area contributed by atoms with Crippen LogP contribution in [0.4, 0.5) is 14.6 Å². The first-order valence-electron chi connectivity index (χ1n) is 4.69. The van der Waals surface area contributed by atoms with Crippen molar-refractivity contribution in [3.63, 3.8) is 0 Å². The number of hydrogen-bond acceptors (Lipinski definition) is 3. The molecule has 0 unspecified atom stereocenters. The number of pyridine rings is 1. The molecule has 1 aromatic rings. The summed E-state index contributed by atoms with van der Waals surface area (Å²) in [6, 6.07) is 0.796. The molecule has 0 radical (unpaired) electrons. The molecule has 0 bridgehead atoms. The summed E-state index contributed by atoms with van der Waals surface area (Å²) in [7, 11) is 0. The molecule has 0 fully saturated rings. The minimum Gasteiger partial charge on any atom is -0.367 e. The highest BCUT2D eigenvalue weighted by Crippen LogP contribution is 2.16. The highest BCUT2D eigenvalue weighted by atomic mass is 19.1. The summed E-state index contributed by atoms with van der Waals surface area (Å²) in [6.45, 7) is 4.85. The van der Waals surface area contributed by atoms with E-state index in [1.807, 2.05) is 13.8 Å². The van der Waals surface area contributed by atoms with Crippen LogP contribution in [0.25, 0.3) is 0 Å². The van der Waals surface area contributed by atoms with Crippen LogP contribution in [0.1, 0.15) is 13.8 Å². The van der Waals surface area contributed by atoms with Crippen LogP contribution in [0.3, 0.4) is 0 Å². The fourth-order valence-electron chi connectivity index (χ4n) is 0.940. The molecule has 0 amide bonds. The largest absolute Gasteiger partial charge is 0.367 e. The quantitative estimate of drug-likeness (QED) is 0.804. The average molecular weight is 215 g/mol. The standard InChI is InChI=1S/C10H15F2N3/c1-10(2,5-13)6-15-9-8(12)3-7(11)4-14-9/h3-4H,5-6,13H2,1-2H3,(H,14,15). The van der Waals surface area contributed by atoms with E-state index in [0.717, 1.165) is 12.3 Å². The van der Waals surface area contributed by atoms with Crippen molar-refractivity contribution < 1.29 is 8.78 Å². The van der Waals surface area contributed by atoms with E-state index in [2.05, 4.69) is 10.3 Å². The van der Waals surface area contributed by atoms with Crippen molar-refractivity contribution in [2.75, 3.05) is 18.4 Å². The van der Waals surface area contributed by atoms with Crippen LogP contribution in [0.2, 0.25) is 0 Å². The van der Waals surface area contributed by atoms with Gasteiger partial charge < -0.3 is 11.1 Å². The van der Waals surface area contributed by atoms with E-state index in [-0.39, 0.29) is 11.2 Å². The number of rotatable bonds is 4. The van der Waals surface area contributed by atoms with Gasteiger partial charge in [0.2, 0.25) is 0 Å². The van der Waals surface area contributed by atoms with Crippen molar-refractivity contribution in [1.29, 1.82) is 0 Å². The molecular weight excluding hydrogens is 200 g/mol. The molecule has 84 valence electrons. The molecule has 0 spiro atoms. The summed E-state index contributed by atoms with van der Waals surface area (Å²) < 4.78 is 25.7.